The lowest BCUT2D eigenvalue weighted by Gasteiger charge is -2.11. The summed E-state index contributed by atoms with van der Waals surface area (Å²) in [5.41, 5.74) is 3.89. The molecule has 3 aromatic carbocycles. The maximum absolute atomic E-state index is 12.8. The second-order valence-electron chi connectivity index (χ2n) is 6.78. The number of benzene rings is 3. The van der Waals surface area contributed by atoms with E-state index in [-0.39, 0.29) is 11.8 Å². The second kappa shape index (κ2) is 8.35. The summed E-state index contributed by atoms with van der Waals surface area (Å²) in [5, 5.41) is 9.12. The van der Waals surface area contributed by atoms with Gasteiger partial charge >= 0.3 is 0 Å². The lowest BCUT2D eigenvalue weighted by Crippen LogP contribution is -2.21. The maximum Gasteiger partial charge on any atom is 0.280 e. The average Bonchev–Trinajstić information content (AvgIpc) is 3.04. The zero-order chi connectivity index (χ0) is 21.1. The molecule has 3 aromatic rings. The molecule has 4 rings (SSSR count). The summed E-state index contributed by atoms with van der Waals surface area (Å²) < 4.78 is 0. The molecule has 5 nitrogen and oxygen atoms in total. The highest BCUT2D eigenvalue weighted by atomic mass is 35.5. The van der Waals surface area contributed by atoms with E-state index in [1.807, 2.05) is 49.4 Å². The Morgan fingerprint density at radius 2 is 1.73 bits per heavy atom. The molecule has 0 bridgehead atoms. The molecule has 0 spiro atoms. The van der Waals surface area contributed by atoms with Crippen molar-refractivity contribution in [3.05, 3.63) is 101 Å². The van der Waals surface area contributed by atoms with E-state index in [0.29, 0.717) is 27.6 Å². The van der Waals surface area contributed by atoms with Gasteiger partial charge in [-0.15, -0.1) is 0 Å². The molecule has 1 aliphatic rings. The number of carbonyl (C=O) groups excluding carboxylic acids is 2. The maximum atomic E-state index is 12.8. The van der Waals surface area contributed by atoms with Crippen molar-refractivity contribution in [1.82, 2.24) is 0 Å². The monoisotopic (exact) mass is 415 g/mol. The van der Waals surface area contributed by atoms with E-state index in [9.17, 15) is 9.59 Å². The van der Waals surface area contributed by atoms with Gasteiger partial charge in [0.2, 0.25) is 0 Å². The Kier molecular flexibility index (Phi) is 5.46. The fourth-order valence-corrected chi connectivity index (χ4v) is 3.28. The van der Waals surface area contributed by atoms with Crippen LogP contribution in [0.3, 0.4) is 0 Å². The highest BCUT2D eigenvalue weighted by Crippen LogP contribution is 2.25. The van der Waals surface area contributed by atoms with E-state index < -0.39 is 0 Å². The molecule has 1 heterocycles. The number of hydrazone groups is 1. The van der Waals surface area contributed by atoms with Crippen LogP contribution in [0.25, 0.3) is 6.08 Å². The molecule has 0 aromatic heterocycles. The summed E-state index contributed by atoms with van der Waals surface area (Å²) in [6.07, 6.45) is 1.80. The molecule has 0 saturated heterocycles. The van der Waals surface area contributed by atoms with Crippen molar-refractivity contribution in [1.29, 1.82) is 0 Å². The van der Waals surface area contributed by atoms with Crippen LogP contribution in [0.5, 0.6) is 0 Å². The Morgan fingerprint density at radius 1 is 1.00 bits per heavy atom. The van der Waals surface area contributed by atoms with Gasteiger partial charge in [0.25, 0.3) is 11.8 Å². The van der Waals surface area contributed by atoms with E-state index in [1.54, 1.807) is 42.5 Å². The van der Waals surface area contributed by atoms with Crippen LogP contribution in [-0.4, -0.2) is 17.5 Å². The van der Waals surface area contributed by atoms with Crippen LogP contribution < -0.4 is 10.3 Å². The van der Waals surface area contributed by atoms with Crippen molar-refractivity contribution in [3.63, 3.8) is 0 Å². The molecule has 0 fully saturated rings. The number of hydrogen-bond donors (Lipinski definition) is 1. The van der Waals surface area contributed by atoms with Crippen LogP contribution in [0, 0.1) is 0 Å². The van der Waals surface area contributed by atoms with Gasteiger partial charge in [0.05, 0.1) is 17.0 Å². The summed E-state index contributed by atoms with van der Waals surface area (Å²) in [6, 6.07) is 23.3. The van der Waals surface area contributed by atoms with Crippen molar-refractivity contribution in [2.75, 3.05) is 10.3 Å². The summed E-state index contributed by atoms with van der Waals surface area (Å²) in [4.78, 5) is 25.1. The first kappa shape index (κ1) is 19.6. The van der Waals surface area contributed by atoms with Crippen molar-refractivity contribution < 1.29 is 9.59 Å². The van der Waals surface area contributed by atoms with E-state index in [1.165, 1.54) is 5.01 Å². The van der Waals surface area contributed by atoms with Gasteiger partial charge in [0, 0.05) is 16.3 Å². The molecule has 6 heteroatoms. The van der Waals surface area contributed by atoms with Crippen molar-refractivity contribution in [2.24, 2.45) is 5.10 Å². The topological polar surface area (TPSA) is 61.8 Å². The summed E-state index contributed by atoms with van der Waals surface area (Å²) in [5.74, 6) is -0.409. The minimum Gasteiger partial charge on any atom is -0.322 e. The third kappa shape index (κ3) is 4.16. The quantitative estimate of drug-likeness (QED) is 0.580. The number of carbonyl (C=O) groups is 2. The van der Waals surface area contributed by atoms with Gasteiger partial charge in [0.1, 0.15) is 0 Å². The van der Waals surface area contributed by atoms with Crippen LogP contribution in [0.15, 0.2) is 89.5 Å². The average molecular weight is 416 g/mol. The van der Waals surface area contributed by atoms with E-state index >= 15 is 0 Å². The van der Waals surface area contributed by atoms with Gasteiger partial charge in [-0.3, -0.25) is 9.59 Å². The second-order valence-corrected chi connectivity index (χ2v) is 7.22. The van der Waals surface area contributed by atoms with Gasteiger partial charge in [-0.05, 0) is 61.0 Å². The zero-order valence-corrected chi connectivity index (χ0v) is 16.9. The molecular formula is C24H18ClN3O2. The van der Waals surface area contributed by atoms with Crippen molar-refractivity contribution in [2.45, 2.75) is 6.92 Å². The zero-order valence-electron chi connectivity index (χ0n) is 16.2. The van der Waals surface area contributed by atoms with Crippen LogP contribution in [0.2, 0.25) is 5.02 Å². The largest absolute Gasteiger partial charge is 0.322 e. The molecule has 1 aliphatic heterocycles. The van der Waals surface area contributed by atoms with Gasteiger partial charge in [-0.1, -0.05) is 48.0 Å². The molecule has 0 atom stereocenters. The third-order valence-electron chi connectivity index (χ3n) is 4.63. The Morgan fingerprint density at radius 3 is 2.43 bits per heavy atom. The molecular weight excluding hydrogens is 398 g/mol. The minimum atomic E-state index is -0.240. The van der Waals surface area contributed by atoms with Crippen LogP contribution in [0.4, 0.5) is 11.4 Å². The minimum absolute atomic E-state index is 0.169. The first-order valence-electron chi connectivity index (χ1n) is 9.35. The highest BCUT2D eigenvalue weighted by molar-refractivity contribution is 6.32. The van der Waals surface area contributed by atoms with Gasteiger partial charge in [-0.2, -0.15) is 10.1 Å². The number of amides is 2. The smallest absolute Gasteiger partial charge is 0.280 e. The predicted octanol–water partition coefficient (Wildman–Crippen LogP) is 5.40. The highest BCUT2D eigenvalue weighted by Gasteiger charge is 2.28. The summed E-state index contributed by atoms with van der Waals surface area (Å²) in [6.45, 7) is 1.81. The lowest BCUT2D eigenvalue weighted by molar-refractivity contribution is -0.114. The third-order valence-corrected chi connectivity index (χ3v) is 4.86. The predicted molar refractivity (Wildman–Crippen MR) is 121 cm³/mol. The summed E-state index contributed by atoms with van der Waals surface area (Å²) >= 11 is 5.94. The standard InChI is InChI=1S/C24H18ClN3O2/c1-16-22(24(30)28(27-16)21-8-3-2-4-9-21)14-17-10-12-20(13-11-17)26-23(29)18-6-5-7-19(25)15-18/h2-15H,1H3,(H,26,29). The van der Waals surface area contributed by atoms with Crippen LogP contribution in [0.1, 0.15) is 22.8 Å². The molecule has 2 amide bonds. The molecule has 30 heavy (non-hydrogen) atoms. The number of anilines is 2. The Labute approximate surface area is 179 Å². The SMILES string of the molecule is CC1=NN(c2ccccc2)C(=O)C1=Cc1ccc(NC(=O)c2cccc(Cl)c2)cc1. The number of nitrogens with zero attached hydrogens (tertiary/aromatic N) is 2. The molecule has 0 radical (unpaired) electrons. The van der Waals surface area contributed by atoms with Gasteiger partial charge in [0.15, 0.2) is 0 Å². The molecule has 0 saturated carbocycles. The van der Waals surface area contributed by atoms with E-state index in [2.05, 4.69) is 10.4 Å². The molecule has 0 unspecified atom stereocenters. The molecule has 0 aliphatic carbocycles. The number of para-hydroxylation sites is 1. The first-order chi connectivity index (χ1) is 14.5. The van der Waals surface area contributed by atoms with Crippen molar-refractivity contribution in [3.8, 4) is 0 Å². The van der Waals surface area contributed by atoms with Gasteiger partial charge < -0.3 is 5.32 Å². The first-order valence-corrected chi connectivity index (χ1v) is 9.73. The number of hydrogen-bond acceptors (Lipinski definition) is 3. The van der Waals surface area contributed by atoms with Crippen LogP contribution >= 0.6 is 11.6 Å². The number of halogens is 1. The van der Waals surface area contributed by atoms with E-state index in [0.717, 1.165) is 11.3 Å². The van der Waals surface area contributed by atoms with E-state index in [4.69, 9.17) is 11.6 Å². The van der Waals surface area contributed by atoms with Crippen LogP contribution in [-0.2, 0) is 4.79 Å². The van der Waals surface area contributed by atoms with Crippen molar-refractivity contribution >= 4 is 46.6 Å². The Bertz CT molecular complexity index is 1170. The Balaban J connectivity index is 1.49. The Hall–Kier alpha value is -3.70. The summed E-state index contributed by atoms with van der Waals surface area (Å²) in [7, 11) is 0. The number of rotatable bonds is 4. The molecule has 1 N–H and O–H groups in total. The normalized spacial score (nSPS) is 14.7. The fraction of sp³-hybridized carbons (Fsp3) is 0.0417. The lowest BCUT2D eigenvalue weighted by atomic mass is 10.1. The molecule has 148 valence electrons. The van der Waals surface area contributed by atoms with Gasteiger partial charge in [-0.25, -0.2) is 0 Å². The number of nitrogens with one attached hydrogen (secondary N) is 1. The fourth-order valence-electron chi connectivity index (χ4n) is 3.09.